The molecule has 156 valence electrons. The number of benzene rings is 2. The van der Waals surface area contributed by atoms with Crippen LogP contribution >= 0.6 is 23.2 Å². The maximum Gasteiger partial charge on any atom is 0.291 e. The van der Waals surface area contributed by atoms with Crippen molar-refractivity contribution in [3.8, 4) is 5.69 Å². The highest BCUT2D eigenvalue weighted by molar-refractivity contribution is 6.37. The molecule has 3 aromatic rings. The molecule has 0 aliphatic heterocycles. The molecule has 2 aromatic carbocycles. The molecule has 0 saturated heterocycles. The van der Waals surface area contributed by atoms with Gasteiger partial charge in [-0.25, -0.2) is 9.67 Å². The first-order chi connectivity index (χ1) is 14.3. The molecule has 0 aliphatic carbocycles. The van der Waals surface area contributed by atoms with E-state index in [1.165, 1.54) is 11.6 Å². The molecule has 0 saturated carbocycles. The molecule has 30 heavy (non-hydrogen) atoms. The number of anilines is 1. The zero-order chi connectivity index (χ0) is 21.8. The van der Waals surface area contributed by atoms with Gasteiger partial charge in [0.1, 0.15) is 11.5 Å². The first-order valence-corrected chi connectivity index (χ1v) is 10.1. The average Bonchev–Trinajstić information content (AvgIpc) is 3.11. The van der Waals surface area contributed by atoms with Crippen molar-refractivity contribution in [2.75, 3.05) is 5.32 Å². The second kappa shape index (κ2) is 9.28. The SMILES string of the molecule is CCc1nc(C(=O)NC(C)c2cccc(NC(C)=O)c2)nn1-c1c(Cl)cccc1Cl. The summed E-state index contributed by atoms with van der Waals surface area (Å²) in [5, 5.41) is 10.8. The third-order valence-corrected chi connectivity index (χ3v) is 5.01. The minimum absolute atomic E-state index is 0.0210. The van der Waals surface area contributed by atoms with E-state index in [0.717, 1.165) is 5.56 Å². The highest BCUT2D eigenvalue weighted by Gasteiger charge is 2.21. The number of amides is 2. The van der Waals surface area contributed by atoms with E-state index >= 15 is 0 Å². The second-order valence-corrected chi connectivity index (χ2v) is 7.50. The van der Waals surface area contributed by atoms with Crippen molar-refractivity contribution >= 4 is 40.7 Å². The molecule has 1 aromatic heterocycles. The summed E-state index contributed by atoms with van der Waals surface area (Å²) in [4.78, 5) is 28.4. The van der Waals surface area contributed by atoms with Crippen molar-refractivity contribution in [2.24, 2.45) is 0 Å². The summed E-state index contributed by atoms with van der Waals surface area (Å²) >= 11 is 12.6. The van der Waals surface area contributed by atoms with Crippen molar-refractivity contribution in [1.29, 1.82) is 0 Å². The van der Waals surface area contributed by atoms with Gasteiger partial charge in [0, 0.05) is 19.0 Å². The van der Waals surface area contributed by atoms with Crippen LogP contribution in [0.1, 0.15) is 48.8 Å². The van der Waals surface area contributed by atoms with Crippen LogP contribution in [0.4, 0.5) is 5.69 Å². The van der Waals surface area contributed by atoms with E-state index < -0.39 is 5.91 Å². The second-order valence-electron chi connectivity index (χ2n) is 6.69. The van der Waals surface area contributed by atoms with Crippen LogP contribution in [0.5, 0.6) is 0 Å². The van der Waals surface area contributed by atoms with E-state index in [2.05, 4.69) is 20.7 Å². The van der Waals surface area contributed by atoms with Crippen LogP contribution in [0.25, 0.3) is 5.69 Å². The summed E-state index contributed by atoms with van der Waals surface area (Å²) < 4.78 is 1.50. The number of aryl methyl sites for hydroxylation is 1. The van der Waals surface area contributed by atoms with E-state index in [4.69, 9.17) is 23.2 Å². The molecule has 0 fully saturated rings. The van der Waals surface area contributed by atoms with Gasteiger partial charge in [-0.15, -0.1) is 5.10 Å². The van der Waals surface area contributed by atoms with Gasteiger partial charge >= 0.3 is 0 Å². The van der Waals surface area contributed by atoms with Gasteiger partial charge in [0.15, 0.2) is 0 Å². The number of halogens is 2. The van der Waals surface area contributed by atoms with Crippen LogP contribution < -0.4 is 10.6 Å². The van der Waals surface area contributed by atoms with Gasteiger partial charge in [-0.05, 0) is 36.8 Å². The van der Waals surface area contributed by atoms with Gasteiger partial charge < -0.3 is 10.6 Å². The molecule has 0 spiro atoms. The molecule has 0 radical (unpaired) electrons. The topological polar surface area (TPSA) is 88.9 Å². The van der Waals surface area contributed by atoms with Crippen LogP contribution in [-0.4, -0.2) is 26.6 Å². The Labute approximate surface area is 184 Å². The fourth-order valence-electron chi connectivity index (χ4n) is 2.97. The largest absolute Gasteiger partial charge is 0.343 e. The van der Waals surface area contributed by atoms with E-state index in [1.807, 2.05) is 26.0 Å². The number of aromatic nitrogens is 3. The standard InChI is InChI=1S/C21H21Cl2N5O2/c1-4-18-26-20(27-28(18)19-16(22)9-6-10-17(19)23)21(30)24-12(2)14-7-5-8-15(11-14)25-13(3)29/h5-12H,4H2,1-3H3,(H,24,30)(H,25,29). The van der Waals surface area contributed by atoms with Crippen LogP contribution in [-0.2, 0) is 11.2 Å². The minimum Gasteiger partial charge on any atom is -0.343 e. The number of rotatable bonds is 6. The van der Waals surface area contributed by atoms with Crippen LogP contribution in [0.2, 0.25) is 10.0 Å². The first kappa shape index (κ1) is 21.8. The lowest BCUT2D eigenvalue weighted by molar-refractivity contribution is -0.114. The monoisotopic (exact) mass is 445 g/mol. The Morgan fingerprint density at radius 2 is 1.80 bits per heavy atom. The average molecular weight is 446 g/mol. The molecule has 2 amide bonds. The molecule has 1 heterocycles. The molecule has 7 nitrogen and oxygen atoms in total. The van der Waals surface area contributed by atoms with Gasteiger partial charge in [-0.2, -0.15) is 0 Å². The molecule has 0 bridgehead atoms. The van der Waals surface area contributed by atoms with E-state index in [9.17, 15) is 9.59 Å². The fourth-order valence-corrected chi connectivity index (χ4v) is 3.53. The van der Waals surface area contributed by atoms with Crippen molar-refractivity contribution in [1.82, 2.24) is 20.1 Å². The van der Waals surface area contributed by atoms with E-state index in [1.54, 1.807) is 30.3 Å². The van der Waals surface area contributed by atoms with Crippen LogP contribution in [0.15, 0.2) is 42.5 Å². The predicted molar refractivity (Wildman–Crippen MR) is 117 cm³/mol. The Bertz CT molecular complexity index is 1080. The first-order valence-electron chi connectivity index (χ1n) is 9.38. The Kier molecular flexibility index (Phi) is 6.74. The Morgan fingerprint density at radius 1 is 1.13 bits per heavy atom. The van der Waals surface area contributed by atoms with Gasteiger partial charge in [0.2, 0.25) is 11.7 Å². The van der Waals surface area contributed by atoms with Crippen molar-refractivity contribution in [3.05, 3.63) is 69.7 Å². The number of para-hydroxylation sites is 1. The number of carbonyl (C=O) groups excluding carboxylic acids is 2. The maximum absolute atomic E-state index is 12.8. The van der Waals surface area contributed by atoms with Gasteiger partial charge in [-0.1, -0.05) is 48.3 Å². The van der Waals surface area contributed by atoms with E-state index in [-0.39, 0.29) is 17.8 Å². The minimum atomic E-state index is -0.427. The normalized spacial score (nSPS) is 11.8. The zero-order valence-electron chi connectivity index (χ0n) is 16.7. The van der Waals surface area contributed by atoms with Crippen LogP contribution in [0.3, 0.4) is 0 Å². The highest BCUT2D eigenvalue weighted by Crippen LogP contribution is 2.29. The lowest BCUT2D eigenvalue weighted by Gasteiger charge is -2.14. The number of hydrogen-bond acceptors (Lipinski definition) is 4. The number of nitrogens with one attached hydrogen (secondary N) is 2. The van der Waals surface area contributed by atoms with Gasteiger partial charge in [-0.3, -0.25) is 9.59 Å². The summed E-state index contributed by atoms with van der Waals surface area (Å²) in [5.74, 6) is -0.00359. The summed E-state index contributed by atoms with van der Waals surface area (Å²) in [6.07, 6.45) is 0.538. The number of nitrogens with zero attached hydrogens (tertiary/aromatic N) is 3. The van der Waals surface area contributed by atoms with Gasteiger partial charge in [0.05, 0.1) is 16.1 Å². The Morgan fingerprint density at radius 3 is 2.43 bits per heavy atom. The number of carbonyl (C=O) groups is 2. The Balaban J connectivity index is 1.84. The van der Waals surface area contributed by atoms with Crippen molar-refractivity contribution in [3.63, 3.8) is 0 Å². The summed E-state index contributed by atoms with van der Waals surface area (Å²) in [6, 6.07) is 12.1. The molecule has 0 aliphatic rings. The maximum atomic E-state index is 12.8. The van der Waals surface area contributed by atoms with Crippen molar-refractivity contribution in [2.45, 2.75) is 33.2 Å². The zero-order valence-corrected chi connectivity index (χ0v) is 18.3. The molecular formula is C21H21Cl2N5O2. The molecule has 9 heteroatoms. The summed E-state index contributed by atoms with van der Waals surface area (Å²) in [5.41, 5.74) is 1.98. The fraction of sp³-hybridized carbons (Fsp3) is 0.238. The summed E-state index contributed by atoms with van der Waals surface area (Å²) in [6.45, 7) is 5.19. The molecule has 1 atom stereocenters. The molecule has 2 N–H and O–H groups in total. The smallest absolute Gasteiger partial charge is 0.291 e. The molecular weight excluding hydrogens is 425 g/mol. The van der Waals surface area contributed by atoms with Gasteiger partial charge in [0.25, 0.3) is 5.91 Å². The van der Waals surface area contributed by atoms with Crippen molar-refractivity contribution < 1.29 is 9.59 Å². The lowest BCUT2D eigenvalue weighted by atomic mass is 10.1. The number of hydrogen-bond donors (Lipinski definition) is 2. The molecule has 1 unspecified atom stereocenters. The molecule has 3 rings (SSSR count). The third kappa shape index (κ3) is 4.80. The predicted octanol–water partition coefficient (Wildman–Crippen LogP) is 4.59. The Hall–Kier alpha value is -2.90. The van der Waals surface area contributed by atoms with E-state index in [0.29, 0.717) is 33.7 Å². The van der Waals surface area contributed by atoms with Crippen LogP contribution in [0, 0.1) is 0 Å². The summed E-state index contributed by atoms with van der Waals surface area (Å²) in [7, 11) is 0. The third-order valence-electron chi connectivity index (χ3n) is 4.40. The quantitative estimate of drug-likeness (QED) is 0.580. The lowest BCUT2D eigenvalue weighted by Crippen LogP contribution is -2.27. The highest BCUT2D eigenvalue weighted by atomic mass is 35.5.